The van der Waals surface area contributed by atoms with Gasteiger partial charge in [-0.15, -0.1) is 0 Å². The third kappa shape index (κ3) is 4.10. The number of aliphatic hydroxyl groups excluding tert-OH is 1. The fourth-order valence-electron chi connectivity index (χ4n) is 3.72. The summed E-state index contributed by atoms with van der Waals surface area (Å²) < 4.78 is 7.08. The minimum absolute atomic E-state index is 0.0168. The Kier molecular flexibility index (Phi) is 5.91. The van der Waals surface area contributed by atoms with E-state index in [-0.39, 0.29) is 12.2 Å². The zero-order chi connectivity index (χ0) is 15.4. The molecule has 0 bridgehead atoms. The van der Waals surface area contributed by atoms with E-state index in [1.807, 2.05) is 12.1 Å². The second-order valence-electron chi connectivity index (χ2n) is 6.56. The summed E-state index contributed by atoms with van der Waals surface area (Å²) in [7, 11) is 0. The maximum atomic E-state index is 10.6. The first-order chi connectivity index (χ1) is 10.7. The van der Waals surface area contributed by atoms with E-state index in [2.05, 4.69) is 33.0 Å². The minimum Gasteiger partial charge on any atom is -0.389 e. The normalized spacial score (nSPS) is 30.4. The quantitative estimate of drug-likeness (QED) is 0.879. The van der Waals surface area contributed by atoms with Crippen LogP contribution in [0.1, 0.15) is 44.1 Å². The molecule has 4 heteroatoms. The van der Waals surface area contributed by atoms with Crippen molar-refractivity contribution in [3.8, 4) is 0 Å². The maximum absolute atomic E-state index is 10.6. The molecule has 3 nitrogen and oxygen atoms in total. The lowest BCUT2D eigenvalue weighted by Crippen LogP contribution is -2.44. The standard InChI is InChI=1S/C18H26BrNO2/c19-15-7-5-14(6-8-15)13-22-17-10-9-16(18(17)21)20-11-3-1-2-4-12-20/h5-8,16-18,21H,1-4,9-13H2/t16-,17+,18+/m1/s1. The van der Waals surface area contributed by atoms with Gasteiger partial charge in [0.15, 0.2) is 0 Å². The van der Waals surface area contributed by atoms with Crippen molar-refractivity contribution in [3.63, 3.8) is 0 Å². The molecule has 122 valence electrons. The molecule has 1 aliphatic carbocycles. The third-order valence-corrected chi connectivity index (χ3v) is 5.54. The smallest absolute Gasteiger partial charge is 0.0956 e. The zero-order valence-electron chi connectivity index (χ0n) is 13.1. The Balaban J connectivity index is 1.52. The molecule has 0 unspecified atom stereocenters. The molecule has 22 heavy (non-hydrogen) atoms. The van der Waals surface area contributed by atoms with Crippen molar-refractivity contribution in [3.05, 3.63) is 34.3 Å². The van der Waals surface area contributed by atoms with Crippen LogP contribution in [0.25, 0.3) is 0 Å². The Morgan fingerprint density at radius 3 is 2.41 bits per heavy atom. The summed E-state index contributed by atoms with van der Waals surface area (Å²) in [6.45, 7) is 2.87. The van der Waals surface area contributed by atoms with Crippen LogP contribution in [0, 0.1) is 0 Å². The predicted octanol–water partition coefficient (Wildman–Crippen LogP) is 3.73. The summed E-state index contributed by atoms with van der Waals surface area (Å²) in [5.41, 5.74) is 1.16. The van der Waals surface area contributed by atoms with Crippen molar-refractivity contribution in [2.75, 3.05) is 13.1 Å². The molecule has 1 aromatic rings. The lowest BCUT2D eigenvalue weighted by molar-refractivity contribution is -0.0493. The molecule has 0 radical (unpaired) electrons. The summed E-state index contributed by atoms with van der Waals surface area (Å²) in [6, 6.07) is 8.50. The number of hydrogen-bond acceptors (Lipinski definition) is 3. The van der Waals surface area contributed by atoms with E-state index in [0.29, 0.717) is 12.6 Å². The van der Waals surface area contributed by atoms with Gasteiger partial charge < -0.3 is 9.84 Å². The van der Waals surface area contributed by atoms with Gasteiger partial charge in [-0.05, 0) is 56.5 Å². The average molecular weight is 368 g/mol. The van der Waals surface area contributed by atoms with Gasteiger partial charge in [0.1, 0.15) is 0 Å². The van der Waals surface area contributed by atoms with Gasteiger partial charge in [0, 0.05) is 10.5 Å². The summed E-state index contributed by atoms with van der Waals surface area (Å²) in [4.78, 5) is 2.50. The van der Waals surface area contributed by atoms with Gasteiger partial charge in [0.25, 0.3) is 0 Å². The Morgan fingerprint density at radius 2 is 1.73 bits per heavy atom. The van der Waals surface area contributed by atoms with Crippen LogP contribution in [-0.2, 0) is 11.3 Å². The van der Waals surface area contributed by atoms with Crippen LogP contribution in [0.5, 0.6) is 0 Å². The van der Waals surface area contributed by atoms with Crippen LogP contribution in [-0.4, -0.2) is 41.3 Å². The molecule has 1 saturated heterocycles. The number of rotatable bonds is 4. The summed E-state index contributed by atoms with van der Waals surface area (Å²) in [5.74, 6) is 0. The van der Waals surface area contributed by atoms with Gasteiger partial charge in [0.2, 0.25) is 0 Å². The number of nitrogens with zero attached hydrogens (tertiary/aromatic N) is 1. The van der Waals surface area contributed by atoms with Crippen molar-refractivity contribution < 1.29 is 9.84 Å². The minimum atomic E-state index is -0.339. The van der Waals surface area contributed by atoms with Crippen molar-refractivity contribution >= 4 is 15.9 Å². The predicted molar refractivity (Wildman–Crippen MR) is 91.8 cm³/mol. The molecule has 1 heterocycles. The summed E-state index contributed by atoms with van der Waals surface area (Å²) in [6.07, 6.45) is 6.89. The highest BCUT2D eigenvalue weighted by atomic mass is 79.9. The average Bonchev–Trinajstić information content (AvgIpc) is 2.74. The molecule has 1 aromatic carbocycles. The Morgan fingerprint density at radius 1 is 1.05 bits per heavy atom. The fraction of sp³-hybridized carbons (Fsp3) is 0.667. The van der Waals surface area contributed by atoms with Gasteiger partial charge >= 0.3 is 0 Å². The van der Waals surface area contributed by atoms with Gasteiger partial charge in [-0.2, -0.15) is 0 Å². The number of ether oxygens (including phenoxy) is 1. The lowest BCUT2D eigenvalue weighted by Gasteiger charge is -2.30. The van der Waals surface area contributed by atoms with Crippen LogP contribution >= 0.6 is 15.9 Å². The summed E-state index contributed by atoms with van der Waals surface area (Å²) in [5, 5.41) is 10.6. The molecule has 0 amide bonds. The number of aliphatic hydroxyl groups is 1. The van der Waals surface area contributed by atoms with Crippen molar-refractivity contribution in [1.29, 1.82) is 0 Å². The van der Waals surface area contributed by atoms with E-state index >= 15 is 0 Å². The molecule has 0 spiro atoms. The Hall–Kier alpha value is -0.420. The van der Waals surface area contributed by atoms with Crippen LogP contribution in [0.15, 0.2) is 28.7 Å². The zero-order valence-corrected chi connectivity index (χ0v) is 14.7. The van der Waals surface area contributed by atoms with E-state index < -0.39 is 0 Å². The van der Waals surface area contributed by atoms with Gasteiger partial charge in [0.05, 0.1) is 18.8 Å². The molecule has 1 aliphatic heterocycles. The SMILES string of the molecule is O[C@@H]1[C@@H](OCc2ccc(Br)cc2)CC[C@H]1N1CCCCCC1. The number of likely N-dealkylation sites (tertiary alicyclic amines) is 1. The van der Waals surface area contributed by atoms with Crippen LogP contribution < -0.4 is 0 Å². The second-order valence-corrected chi connectivity index (χ2v) is 7.48. The monoisotopic (exact) mass is 367 g/mol. The van der Waals surface area contributed by atoms with Crippen LogP contribution in [0.4, 0.5) is 0 Å². The largest absolute Gasteiger partial charge is 0.389 e. The molecule has 3 rings (SSSR count). The van der Waals surface area contributed by atoms with E-state index in [4.69, 9.17) is 4.74 Å². The molecule has 1 N–H and O–H groups in total. The van der Waals surface area contributed by atoms with Crippen molar-refractivity contribution in [2.45, 2.75) is 63.4 Å². The first-order valence-electron chi connectivity index (χ1n) is 8.52. The topological polar surface area (TPSA) is 32.7 Å². The van der Waals surface area contributed by atoms with Gasteiger partial charge in [-0.1, -0.05) is 40.9 Å². The van der Waals surface area contributed by atoms with Crippen molar-refractivity contribution in [1.82, 2.24) is 4.90 Å². The number of hydrogen-bond donors (Lipinski definition) is 1. The van der Waals surface area contributed by atoms with Crippen LogP contribution in [0.3, 0.4) is 0 Å². The van der Waals surface area contributed by atoms with Crippen molar-refractivity contribution in [2.24, 2.45) is 0 Å². The number of benzene rings is 1. The Labute approximate surface area is 141 Å². The molecule has 2 aliphatic rings. The highest BCUT2D eigenvalue weighted by molar-refractivity contribution is 9.10. The second kappa shape index (κ2) is 7.91. The fourth-order valence-corrected chi connectivity index (χ4v) is 3.98. The van der Waals surface area contributed by atoms with E-state index in [9.17, 15) is 5.11 Å². The highest BCUT2D eigenvalue weighted by Gasteiger charge is 2.38. The molecule has 3 atom stereocenters. The van der Waals surface area contributed by atoms with E-state index in [1.165, 1.54) is 25.7 Å². The van der Waals surface area contributed by atoms with Gasteiger partial charge in [-0.3, -0.25) is 4.90 Å². The summed E-state index contributed by atoms with van der Waals surface area (Å²) >= 11 is 3.44. The first-order valence-corrected chi connectivity index (χ1v) is 9.31. The molecular formula is C18H26BrNO2. The Bertz CT molecular complexity index is 457. The lowest BCUT2D eigenvalue weighted by atomic mass is 10.1. The third-order valence-electron chi connectivity index (χ3n) is 5.01. The van der Waals surface area contributed by atoms with Gasteiger partial charge in [-0.25, -0.2) is 0 Å². The molecular weight excluding hydrogens is 342 g/mol. The molecule has 0 aromatic heterocycles. The van der Waals surface area contributed by atoms with E-state index in [1.54, 1.807) is 0 Å². The van der Waals surface area contributed by atoms with Crippen LogP contribution in [0.2, 0.25) is 0 Å². The first kappa shape index (κ1) is 16.4. The highest BCUT2D eigenvalue weighted by Crippen LogP contribution is 2.29. The molecule has 1 saturated carbocycles. The molecule has 2 fully saturated rings. The maximum Gasteiger partial charge on any atom is 0.0956 e. The van der Waals surface area contributed by atoms with E-state index in [0.717, 1.165) is 36.0 Å². The number of halogens is 1.